The predicted molar refractivity (Wildman–Crippen MR) is 108 cm³/mol. The van der Waals surface area contributed by atoms with E-state index in [0.717, 1.165) is 28.1 Å². The van der Waals surface area contributed by atoms with Crippen molar-refractivity contribution in [1.29, 1.82) is 0 Å². The zero-order valence-corrected chi connectivity index (χ0v) is 16.5. The summed E-state index contributed by atoms with van der Waals surface area (Å²) in [6.07, 6.45) is 0.270. The average molecular weight is 407 g/mol. The van der Waals surface area contributed by atoms with E-state index >= 15 is 0 Å². The van der Waals surface area contributed by atoms with E-state index in [9.17, 15) is 4.79 Å². The normalized spacial score (nSPS) is 10.6. The molecule has 3 aromatic rings. The van der Waals surface area contributed by atoms with Gasteiger partial charge in [-0.2, -0.15) is 0 Å². The van der Waals surface area contributed by atoms with Gasteiger partial charge in [0.1, 0.15) is 5.75 Å². The van der Waals surface area contributed by atoms with Gasteiger partial charge in [-0.05, 0) is 36.2 Å². The van der Waals surface area contributed by atoms with Crippen LogP contribution in [-0.2, 0) is 11.2 Å². The first-order valence-corrected chi connectivity index (χ1v) is 9.44. The van der Waals surface area contributed by atoms with E-state index in [1.807, 2.05) is 36.6 Å². The molecule has 1 amide bonds. The van der Waals surface area contributed by atoms with Gasteiger partial charge in [0.15, 0.2) is 5.13 Å². The number of amides is 1. The molecule has 0 aliphatic heterocycles. The van der Waals surface area contributed by atoms with Crippen LogP contribution in [0.25, 0.3) is 11.3 Å². The van der Waals surface area contributed by atoms with Gasteiger partial charge in [0.2, 0.25) is 5.91 Å². The highest BCUT2D eigenvalue weighted by molar-refractivity contribution is 7.14. The van der Waals surface area contributed by atoms with Crippen molar-refractivity contribution in [2.24, 2.45) is 0 Å². The number of hydrogen-bond acceptors (Lipinski definition) is 4. The molecule has 0 aliphatic carbocycles. The van der Waals surface area contributed by atoms with Crippen LogP contribution in [0.2, 0.25) is 10.0 Å². The van der Waals surface area contributed by atoms with E-state index in [1.54, 1.807) is 19.2 Å². The number of nitrogens with zero attached hydrogens (tertiary/aromatic N) is 1. The van der Waals surface area contributed by atoms with E-state index < -0.39 is 0 Å². The fourth-order valence-electron chi connectivity index (χ4n) is 2.52. The Kier molecular flexibility index (Phi) is 5.81. The maximum atomic E-state index is 12.3. The Labute approximate surface area is 165 Å². The van der Waals surface area contributed by atoms with Crippen molar-refractivity contribution in [3.05, 3.63) is 63.0 Å². The zero-order valence-electron chi connectivity index (χ0n) is 14.2. The van der Waals surface area contributed by atoms with Crippen LogP contribution in [0, 0.1) is 6.92 Å². The Balaban J connectivity index is 1.67. The SMILES string of the molecule is COc1ccc(CC(=O)Nc2nc(-c3ccc(Cl)c(Cl)c3)cs2)cc1C. The highest BCUT2D eigenvalue weighted by atomic mass is 35.5. The molecule has 2 aromatic carbocycles. The summed E-state index contributed by atoms with van der Waals surface area (Å²) in [4.78, 5) is 16.7. The van der Waals surface area contributed by atoms with Gasteiger partial charge in [0.05, 0.1) is 29.3 Å². The van der Waals surface area contributed by atoms with Crippen LogP contribution < -0.4 is 10.1 Å². The Morgan fingerprint density at radius 3 is 2.69 bits per heavy atom. The Morgan fingerprint density at radius 1 is 1.19 bits per heavy atom. The first kappa shape index (κ1) is 18.7. The monoisotopic (exact) mass is 406 g/mol. The molecule has 0 saturated heterocycles. The van der Waals surface area contributed by atoms with Crippen molar-refractivity contribution in [2.45, 2.75) is 13.3 Å². The van der Waals surface area contributed by atoms with E-state index in [2.05, 4.69) is 10.3 Å². The number of carbonyl (C=O) groups excluding carboxylic acids is 1. The summed E-state index contributed by atoms with van der Waals surface area (Å²) in [6, 6.07) is 11.0. The molecule has 26 heavy (non-hydrogen) atoms. The van der Waals surface area contributed by atoms with Gasteiger partial charge in [-0.15, -0.1) is 11.3 Å². The molecule has 7 heteroatoms. The van der Waals surface area contributed by atoms with Crippen molar-refractivity contribution in [1.82, 2.24) is 4.98 Å². The number of halogens is 2. The average Bonchev–Trinajstić information content (AvgIpc) is 3.06. The number of rotatable bonds is 5. The lowest BCUT2D eigenvalue weighted by atomic mass is 10.1. The van der Waals surface area contributed by atoms with E-state index in [0.29, 0.717) is 15.2 Å². The summed E-state index contributed by atoms with van der Waals surface area (Å²) in [5, 5.41) is 6.21. The second-order valence-electron chi connectivity index (χ2n) is 5.70. The molecule has 134 valence electrons. The predicted octanol–water partition coefficient (Wildman–Crippen LogP) is 5.62. The van der Waals surface area contributed by atoms with Crippen molar-refractivity contribution >= 4 is 45.6 Å². The molecule has 4 nitrogen and oxygen atoms in total. The van der Waals surface area contributed by atoms with Gasteiger partial charge in [0, 0.05) is 10.9 Å². The lowest BCUT2D eigenvalue weighted by molar-refractivity contribution is -0.115. The summed E-state index contributed by atoms with van der Waals surface area (Å²) in [7, 11) is 1.63. The molecule has 1 heterocycles. The third kappa shape index (κ3) is 4.36. The first-order chi connectivity index (χ1) is 12.5. The highest BCUT2D eigenvalue weighted by Crippen LogP contribution is 2.30. The van der Waals surface area contributed by atoms with Crippen LogP contribution in [0.3, 0.4) is 0 Å². The van der Waals surface area contributed by atoms with Gasteiger partial charge in [0.25, 0.3) is 0 Å². The second-order valence-corrected chi connectivity index (χ2v) is 7.37. The molecular weight excluding hydrogens is 391 g/mol. The largest absolute Gasteiger partial charge is 0.496 e. The lowest BCUT2D eigenvalue weighted by Crippen LogP contribution is -2.14. The van der Waals surface area contributed by atoms with Crippen LogP contribution >= 0.6 is 34.5 Å². The number of nitrogens with one attached hydrogen (secondary N) is 1. The molecule has 0 saturated carbocycles. The van der Waals surface area contributed by atoms with E-state index in [-0.39, 0.29) is 12.3 Å². The third-order valence-corrected chi connectivity index (χ3v) is 5.29. The van der Waals surface area contributed by atoms with Crippen LogP contribution in [-0.4, -0.2) is 18.0 Å². The number of benzene rings is 2. The number of hydrogen-bond donors (Lipinski definition) is 1. The Hall–Kier alpha value is -2.08. The first-order valence-electron chi connectivity index (χ1n) is 7.80. The molecule has 0 atom stereocenters. The quantitative estimate of drug-likeness (QED) is 0.598. The van der Waals surface area contributed by atoms with Crippen LogP contribution in [0.4, 0.5) is 5.13 Å². The number of anilines is 1. The van der Waals surface area contributed by atoms with Crippen molar-refractivity contribution in [2.75, 3.05) is 12.4 Å². The van der Waals surface area contributed by atoms with Crippen molar-refractivity contribution in [3.8, 4) is 17.0 Å². The van der Waals surface area contributed by atoms with Crippen LogP contribution in [0.1, 0.15) is 11.1 Å². The molecule has 3 rings (SSSR count). The molecule has 1 aromatic heterocycles. The third-order valence-electron chi connectivity index (χ3n) is 3.79. The topological polar surface area (TPSA) is 51.2 Å². The van der Waals surface area contributed by atoms with Crippen LogP contribution in [0.15, 0.2) is 41.8 Å². The van der Waals surface area contributed by atoms with E-state index in [1.165, 1.54) is 11.3 Å². The highest BCUT2D eigenvalue weighted by Gasteiger charge is 2.11. The number of thiazole rings is 1. The van der Waals surface area contributed by atoms with Gasteiger partial charge in [-0.3, -0.25) is 4.79 Å². The number of aromatic nitrogens is 1. The van der Waals surface area contributed by atoms with Crippen molar-refractivity contribution in [3.63, 3.8) is 0 Å². The zero-order chi connectivity index (χ0) is 18.7. The minimum atomic E-state index is -0.121. The fraction of sp³-hybridized carbons (Fsp3) is 0.158. The summed E-state index contributed by atoms with van der Waals surface area (Å²) in [5.41, 5.74) is 3.50. The maximum Gasteiger partial charge on any atom is 0.230 e. The molecule has 0 bridgehead atoms. The minimum Gasteiger partial charge on any atom is -0.496 e. The molecular formula is C19H16Cl2N2O2S. The summed E-state index contributed by atoms with van der Waals surface area (Å²) < 4.78 is 5.23. The van der Waals surface area contributed by atoms with Gasteiger partial charge in [-0.1, -0.05) is 41.4 Å². The number of methoxy groups -OCH3 is 1. The molecule has 0 radical (unpaired) electrons. The molecule has 1 N–H and O–H groups in total. The fourth-order valence-corrected chi connectivity index (χ4v) is 3.55. The molecule has 0 aliphatic rings. The Morgan fingerprint density at radius 2 is 2.00 bits per heavy atom. The van der Waals surface area contributed by atoms with Gasteiger partial charge < -0.3 is 10.1 Å². The number of aryl methyl sites for hydroxylation is 1. The number of ether oxygens (including phenoxy) is 1. The molecule has 0 unspecified atom stereocenters. The second kappa shape index (κ2) is 8.08. The summed E-state index contributed by atoms with van der Waals surface area (Å²) in [5.74, 6) is 0.685. The van der Waals surface area contributed by atoms with Crippen LogP contribution in [0.5, 0.6) is 5.75 Å². The Bertz CT molecular complexity index is 956. The maximum absolute atomic E-state index is 12.3. The summed E-state index contributed by atoms with van der Waals surface area (Å²) in [6.45, 7) is 1.95. The summed E-state index contributed by atoms with van der Waals surface area (Å²) >= 11 is 13.3. The molecule has 0 fully saturated rings. The minimum absolute atomic E-state index is 0.121. The molecule has 0 spiro atoms. The van der Waals surface area contributed by atoms with Gasteiger partial charge in [-0.25, -0.2) is 4.98 Å². The van der Waals surface area contributed by atoms with Gasteiger partial charge >= 0.3 is 0 Å². The number of carbonyl (C=O) groups is 1. The van der Waals surface area contributed by atoms with E-state index in [4.69, 9.17) is 27.9 Å². The lowest BCUT2D eigenvalue weighted by Gasteiger charge is -2.07. The smallest absolute Gasteiger partial charge is 0.230 e. The standard InChI is InChI=1S/C19H16Cl2N2O2S/c1-11-7-12(3-6-17(11)25-2)8-18(24)23-19-22-16(10-26-19)13-4-5-14(20)15(21)9-13/h3-7,9-10H,8H2,1-2H3,(H,22,23,24). The van der Waals surface area contributed by atoms with Crippen molar-refractivity contribution < 1.29 is 9.53 Å².